The maximum absolute atomic E-state index is 15.1. The van der Waals surface area contributed by atoms with Crippen LogP contribution in [0.5, 0.6) is 5.75 Å². The fourth-order valence-corrected chi connectivity index (χ4v) is 10.8. The van der Waals surface area contributed by atoms with Crippen molar-refractivity contribution in [2.24, 2.45) is 17.6 Å². The lowest BCUT2D eigenvalue weighted by Gasteiger charge is -2.33. The maximum atomic E-state index is 15.1. The Hall–Kier alpha value is -6.42. The van der Waals surface area contributed by atoms with E-state index in [1.807, 2.05) is 13.8 Å². The number of nitrogens with two attached hydrogens (primary N) is 1. The molecule has 26 nitrogen and oxygen atoms in total. The highest BCUT2D eigenvalue weighted by molar-refractivity contribution is 7.85. The quantitative estimate of drug-likeness (QED) is 0.0813. The molecule has 440 valence electrons. The highest BCUT2D eigenvalue weighted by Crippen LogP contribution is 2.31. The van der Waals surface area contributed by atoms with Gasteiger partial charge in [-0.2, -0.15) is 0 Å². The number of hydrogen-bond donors (Lipinski definition) is 12. The number of fused-ring (bicyclic) bond motifs is 5. The number of aliphatic hydroxyl groups is 3. The number of amides is 9. The van der Waals surface area contributed by atoms with Crippen LogP contribution in [-0.2, 0) is 60.3 Å². The van der Waals surface area contributed by atoms with Crippen molar-refractivity contribution >= 4 is 75.1 Å². The van der Waals surface area contributed by atoms with Crippen LogP contribution in [0.15, 0.2) is 23.2 Å². The average molecular weight is 1130 g/mol. The van der Waals surface area contributed by atoms with E-state index >= 15 is 4.21 Å². The Bertz CT molecular complexity index is 2540. The number of H-pyrrole nitrogens is 1. The lowest BCUT2D eigenvalue weighted by Crippen LogP contribution is -2.61. The van der Waals surface area contributed by atoms with Crippen LogP contribution in [0.25, 0.3) is 10.9 Å². The molecule has 2 aromatic rings. The minimum Gasteiger partial charge on any atom is -0.494 e. The summed E-state index contributed by atoms with van der Waals surface area (Å²) in [4.78, 5) is 130. The number of nitrogens with zero attached hydrogens (tertiary/aromatic N) is 2. The molecule has 11 atom stereocenters. The van der Waals surface area contributed by atoms with Gasteiger partial charge in [-0.15, -0.1) is 0 Å². The molecular formula is C52H81N11O15S. The van der Waals surface area contributed by atoms with E-state index in [1.54, 1.807) is 46.0 Å². The summed E-state index contributed by atoms with van der Waals surface area (Å²) >= 11 is 0. The first kappa shape index (κ1) is 63.4. The van der Waals surface area contributed by atoms with E-state index in [9.17, 15) is 58.5 Å². The fourth-order valence-electron chi connectivity index (χ4n) is 9.43. The molecule has 1 aromatic carbocycles. The van der Waals surface area contributed by atoms with Gasteiger partial charge in [-0.25, -0.2) is 4.79 Å². The Morgan fingerprint density at radius 2 is 1.62 bits per heavy atom. The van der Waals surface area contributed by atoms with Crippen molar-refractivity contribution in [2.45, 2.75) is 158 Å². The van der Waals surface area contributed by atoms with Crippen molar-refractivity contribution in [3.8, 4) is 5.75 Å². The number of aromatic nitrogens is 1. The molecule has 1 unspecified atom stereocenters. The highest BCUT2D eigenvalue weighted by atomic mass is 32.2. The van der Waals surface area contributed by atoms with Gasteiger partial charge in [0.2, 0.25) is 47.3 Å². The molecule has 0 aliphatic carbocycles. The van der Waals surface area contributed by atoms with Crippen molar-refractivity contribution in [2.75, 3.05) is 58.7 Å². The number of carbonyl (C=O) groups is 9. The van der Waals surface area contributed by atoms with Crippen molar-refractivity contribution in [1.29, 1.82) is 0 Å². The van der Waals surface area contributed by atoms with E-state index in [0.717, 1.165) is 24.2 Å². The number of rotatable bonds is 16. The summed E-state index contributed by atoms with van der Waals surface area (Å²) in [5.74, 6) is -8.82. The Labute approximate surface area is 462 Å². The van der Waals surface area contributed by atoms with E-state index in [2.05, 4.69) is 42.2 Å². The van der Waals surface area contributed by atoms with Gasteiger partial charge in [-0.05, 0) is 63.6 Å². The summed E-state index contributed by atoms with van der Waals surface area (Å²) in [6.07, 6.45) is -1.43. The lowest BCUT2D eigenvalue weighted by molar-refractivity contribution is -0.143. The number of carbonyl (C=O) groups excluding carboxylic acids is 9. The van der Waals surface area contributed by atoms with Crippen molar-refractivity contribution < 1.29 is 72.2 Å². The standard InChI is InChI=1S/C52H81N11O15S/c1-8-28(2)37-22-54-23-42(68)57-38-27-79(76)49-33(32-14-13-31(20-35(32)60-49)77-18-12-10-9-11-17-62(7)51(75)78-52(4,5)6)21-36(45(70)55-24-43(69)56-37)59-48(73)44(29(3)40(66)26-64)61-47(72)39-19-30(65)25-63(39)50(74)34(58-46(38)71)15-16-41(53)67/h13-14,20,28-30,34,36-40,44,54,60,64-66H,8-12,15-19,21-27H2,1-7H3,(H2,53,67)(H,55,70)(H,56,69)(H,57,68)(H,58,71)(H,59,73)(H,61,72)/t28-,29-,30+,34-,36-,37+,38-,39-,40-,44-,79?/m0/s1. The van der Waals surface area contributed by atoms with E-state index in [4.69, 9.17) is 15.2 Å². The third-order valence-electron chi connectivity index (χ3n) is 14.2. The predicted molar refractivity (Wildman–Crippen MR) is 288 cm³/mol. The summed E-state index contributed by atoms with van der Waals surface area (Å²) in [6.45, 7) is 9.08. The molecule has 4 heterocycles. The second kappa shape index (κ2) is 29.2. The molecule has 2 bridgehead atoms. The fraction of sp³-hybridized carbons (Fsp3) is 0.673. The van der Waals surface area contributed by atoms with Crippen molar-refractivity contribution in [3.05, 3.63) is 23.8 Å². The van der Waals surface area contributed by atoms with Gasteiger partial charge in [0.1, 0.15) is 46.6 Å². The van der Waals surface area contributed by atoms with E-state index < -0.39 is 175 Å². The molecule has 79 heavy (non-hydrogen) atoms. The smallest absolute Gasteiger partial charge is 0.410 e. The third-order valence-corrected chi connectivity index (χ3v) is 15.7. The predicted octanol–water partition coefficient (Wildman–Crippen LogP) is -1.96. The molecule has 9 amide bonds. The molecule has 1 aromatic heterocycles. The van der Waals surface area contributed by atoms with Crippen LogP contribution in [0.1, 0.15) is 98.5 Å². The van der Waals surface area contributed by atoms with Crippen LogP contribution < -0.4 is 47.7 Å². The number of aromatic amines is 1. The largest absolute Gasteiger partial charge is 0.494 e. The molecule has 0 saturated carbocycles. The van der Waals surface area contributed by atoms with E-state index in [1.165, 1.54) is 11.8 Å². The molecule has 0 spiro atoms. The summed E-state index contributed by atoms with van der Waals surface area (Å²) in [5, 5.41) is 51.0. The topological polar surface area (TPSA) is 382 Å². The minimum absolute atomic E-state index is 0.0544. The number of ether oxygens (including phenoxy) is 2. The van der Waals surface area contributed by atoms with Gasteiger partial charge in [-0.3, -0.25) is 42.6 Å². The summed E-state index contributed by atoms with van der Waals surface area (Å²) < 4.78 is 26.6. The van der Waals surface area contributed by atoms with Gasteiger partial charge >= 0.3 is 6.09 Å². The number of unbranched alkanes of at least 4 members (excludes halogenated alkanes) is 3. The van der Waals surface area contributed by atoms with E-state index in [-0.39, 0.29) is 29.5 Å². The first-order valence-corrected chi connectivity index (χ1v) is 28.3. The van der Waals surface area contributed by atoms with E-state index in [0.29, 0.717) is 42.6 Å². The molecule has 27 heteroatoms. The van der Waals surface area contributed by atoms with Gasteiger partial charge in [0, 0.05) is 69.4 Å². The number of aliphatic hydroxyl groups excluding tert-OH is 3. The molecule has 3 aliphatic heterocycles. The van der Waals surface area contributed by atoms with Crippen LogP contribution in [0.3, 0.4) is 0 Å². The molecule has 3 aliphatic rings. The molecular weight excluding hydrogens is 1050 g/mol. The van der Waals surface area contributed by atoms with Gasteiger partial charge in [0.15, 0.2) is 0 Å². The Kier molecular flexibility index (Phi) is 23.4. The first-order chi connectivity index (χ1) is 37.3. The SMILES string of the molecule is CC[C@H](C)[C@H]1CNCC(=O)N[C@H]2CS(=O)c3[nH]c4cc(OCCCCCCN(C)C(=O)OC(C)(C)C)ccc4c3C[C@H](NC(=O)[C@H]([C@@H](C)[C@@H](O)CO)NC(=O)[C@@H]3C[C@@H](O)CN3C(=O)[C@H](CCC(N)=O)NC2=O)C(=O)NCC(=O)N1. The van der Waals surface area contributed by atoms with Crippen LogP contribution in [0.4, 0.5) is 4.79 Å². The molecule has 1 saturated heterocycles. The Morgan fingerprint density at radius 1 is 0.911 bits per heavy atom. The van der Waals surface area contributed by atoms with Gasteiger partial charge in [-0.1, -0.05) is 40.0 Å². The van der Waals surface area contributed by atoms with Crippen LogP contribution in [-0.4, -0.2) is 200 Å². The second-order valence-electron chi connectivity index (χ2n) is 21.7. The summed E-state index contributed by atoms with van der Waals surface area (Å²) in [5.41, 5.74) is 5.41. The Balaban J connectivity index is 1.60. The molecule has 5 rings (SSSR count). The van der Waals surface area contributed by atoms with Gasteiger partial charge < -0.3 is 82.5 Å². The van der Waals surface area contributed by atoms with Crippen LogP contribution in [0, 0.1) is 11.8 Å². The zero-order valence-corrected chi connectivity index (χ0v) is 47.0. The first-order valence-electron chi connectivity index (χ1n) is 26.9. The third kappa shape index (κ3) is 18.3. The Morgan fingerprint density at radius 3 is 2.30 bits per heavy atom. The molecule has 0 radical (unpaired) electrons. The van der Waals surface area contributed by atoms with Gasteiger partial charge in [0.05, 0.1) is 60.6 Å². The minimum atomic E-state index is -2.30. The second-order valence-corrected chi connectivity index (χ2v) is 23.1. The zero-order chi connectivity index (χ0) is 58.3. The van der Waals surface area contributed by atoms with Crippen molar-refractivity contribution in [3.63, 3.8) is 0 Å². The molecule has 13 N–H and O–H groups in total. The number of hydrogen-bond acceptors (Lipinski definition) is 16. The average Bonchev–Trinajstić information content (AvgIpc) is 3.99. The van der Waals surface area contributed by atoms with Crippen molar-refractivity contribution in [1.82, 2.24) is 52.0 Å². The lowest BCUT2D eigenvalue weighted by atomic mass is 9.93. The number of benzene rings is 1. The highest BCUT2D eigenvalue weighted by Gasteiger charge is 2.45. The van der Waals surface area contributed by atoms with Crippen LogP contribution >= 0.6 is 0 Å². The van der Waals surface area contributed by atoms with Gasteiger partial charge in [0.25, 0.3) is 0 Å². The summed E-state index contributed by atoms with van der Waals surface area (Å²) in [7, 11) is -0.625. The monoisotopic (exact) mass is 1130 g/mol. The summed E-state index contributed by atoms with van der Waals surface area (Å²) in [6, 6.07) is -3.82. The zero-order valence-electron chi connectivity index (χ0n) is 46.1. The maximum Gasteiger partial charge on any atom is 0.410 e. The van der Waals surface area contributed by atoms with Crippen LogP contribution in [0.2, 0.25) is 0 Å². The number of nitrogens with one attached hydrogen (secondary N) is 8. The number of primary amides is 1. The normalized spacial score (nSPS) is 25.5. The molecule has 1 fully saturated rings.